The predicted molar refractivity (Wildman–Crippen MR) is 93.7 cm³/mol. The van der Waals surface area contributed by atoms with Crippen molar-refractivity contribution in [3.05, 3.63) is 0 Å². The molecule has 0 saturated carbocycles. The average molecular weight is 337 g/mol. The summed E-state index contributed by atoms with van der Waals surface area (Å²) in [5.41, 5.74) is 0.147. The van der Waals surface area contributed by atoms with Crippen molar-refractivity contribution in [3.8, 4) is 0 Å². The number of sulfone groups is 1. The van der Waals surface area contributed by atoms with Crippen LogP contribution in [0, 0.1) is 5.41 Å². The summed E-state index contributed by atoms with van der Waals surface area (Å²) in [6.07, 6.45) is 2.26. The first-order valence-corrected chi connectivity index (χ1v) is 11.0. The van der Waals surface area contributed by atoms with Gasteiger partial charge in [-0.15, -0.1) is 0 Å². The van der Waals surface area contributed by atoms with Crippen molar-refractivity contribution >= 4 is 21.6 Å². The van der Waals surface area contributed by atoms with Crippen LogP contribution in [0.1, 0.15) is 40.5 Å². The maximum absolute atomic E-state index is 12.4. The molecule has 0 spiro atoms. The Morgan fingerprint density at radius 2 is 2.05 bits per heavy atom. The van der Waals surface area contributed by atoms with Gasteiger partial charge < -0.3 is 5.32 Å². The third kappa shape index (κ3) is 5.73. The van der Waals surface area contributed by atoms with E-state index in [2.05, 4.69) is 31.0 Å². The maximum atomic E-state index is 12.4. The van der Waals surface area contributed by atoms with Crippen molar-refractivity contribution in [2.75, 3.05) is 43.4 Å². The van der Waals surface area contributed by atoms with Gasteiger partial charge in [-0.25, -0.2) is 8.42 Å². The molecule has 0 bridgehead atoms. The minimum atomic E-state index is -2.99. The second kappa shape index (κ2) is 8.75. The summed E-state index contributed by atoms with van der Waals surface area (Å²) in [7, 11) is -2.99. The molecule has 6 heteroatoms. The van der Waals surface area contributed by atoms with Crippen LogP contribution in [0.4, 0.5) is 0 Å². The smallest absolute Gasteiger partial charge is 0.166 e. The van der Waals surface area contributed by atoms with Crippen LogP contribution in [0.2, 0.25) is 0 Å². The molecule has 126 valence electrons. The summed E-state index contributed by atoms with van der Waals surface area (Å²) in [5, 5.41) is 3.16. The van der Waals surface area contributed by atoms with E-state index in [0.717, 1.165) is 50.5 Å². The molecule has 21 heavy (non-hydrogen) atoms. The molecule has 1 saturated heterocycles. The lowest BCUT2D eigenvalue weighted by atomic mass is 9.84. The van der Waals surface area contributed by atoms with Crippen molar-refractivity contribution in [1.29, 1.82) is 0 Å². The minimum absolute atomic E-state index is 0.147. The number of nitrogens with one attached hydrogen (secondary N) is 1. The van der Waals surface area contributed by atoms with Crippen LogP contribution in [-0.2, 0) is 9.84 Å². The Morgan fingerprint density at radius 3 is 2.62 bits per heavy atom. The molecule has 2 atom stereocenters. The van der Waals surface area contributed by atoms with Crippen molar-refractivity contribution in [2.45, 2.75) is 45.9 Å². The van der Waals surface area contributed by atoms with Gasteiger partial charge in [0.05, 0.1) is 0 Å². The highest BCUT2D eigenvalue weighted by molar-refractivity contribution is 8.01. The average Bonchev–Trinajstić information content (AvgIpc) is 2.46. The Kier molecular flexibility index (Phi) is 8.03. The van der Waals surface area contributed by atoms with Crippen molar-refractivity contribution < 1.29 is 8.42 Å². The number of hydrogen-bond donors (Lipinski definition) is 1. The van der Waals surface area contributed by atoms with Gasteiger partial charge in [0, 0.05) is 36.9 Å². The molecule has 0 aromatic heterocycles. The van der Waals surface area contributed by atoms with Gasteiger partial charge in [0.25, 0.3) is 0 Å². The van der Waals surface area contributed by atoms with Crippen LogP contribution in [0.15, 0.2) is 0 Å². The van der Waals surface area contributed by atoms with Gasteiger partial charge in [0.15, 0.2) is 9.84 Å². The Balaban J connectivity index is 2.83. The first-order chi connectivity index (χ1) is 9.88. The summed E-state index contributed by atoms with van der Waals surface area (Å²) >= 11 is 1.77. The standard InChI is InChI=1S/C15H32N2O2S2/c1-5-8-15(4,12-16-6-2)13-17-9-10-20-11-14(17)21(18,19)7-3/h14,16H,5-13H2,1-4H3. The fourth-order valence-corrected chi connectivity index (χ4v) is 6.14. The zero-order chi connectivity index (χ0) is 15.9. The number of hydrogen-bond acceptors (Lipinski definition) is 5. The highest BCUT2D eigenvalue weighted by Gasteiger charge is 2.36. The normalized spacial score (nSPS) is 23.9. The fourth-order valence-electron chi connectivity index (χ4n) is 3.06. The summed E-state index contributed by atoms with van der Waals surface area (Å²) in [5.74, 6) is 2.01. The summed E-state index contributed by atoms with van der Waals surface area (Å²) < 4.78 is 24.7. The summed E-state index contributed by atoms with van der Waals surface area (Å²) in [6, 6.07) is 0. The second-order valence-electron chi connectivity index (χ2n) is 6.29. The van der Waals surface area contributed by atoms with Crippen LogP contribution in [0.25, 0.3) is 0 Å². The van der Waals surface area contributed by atoms with Crippen molar-refractivity contribution in [3.63, 3.8) is 0 Å². The summed E-state index contributed by atoms with van der Waals surface area (Å²) in [4.78, 5) is 2.22. The Labute approximate surface area is 135 Å². The van der Waals surface area contributed by atoms with Gasteiger partial charge >= 0.3 is 0 Å². The number of nitrogens with zero attached hydrogens (tertiary/aromatic N) is 1. The van der Waals surface area contributed by atoms with Gasteiger partial charge in [-0.05, 0) is 18.4 Å². The van der Waals surface area contributed by atoms with Gasteiger partial charge in [-0.3, -0.25) is 4.90 Å². The van der Waals surface area contributed by atoms with E-state index in [1.54, 1.807) is 18.7 Å². The minimum Gasteiger partial charge on any atom is -0.316 e. The van der Waals surface area contributed by atoms with Gasteiger partial charge in [-0.1, -0.05) is 34.1 Å². The zero-order valence-corrected chi connectivity index (χ0v) is 15.7. The van der Waals surface area contributed by atoms with Crippen LogP contribution >= 0.6 is 11.8 Å². The molecule has 1 aliphatic rings. The molecular formula is C15H32N2O2S2. The van der Waals surface area contributed by atoms with E-state index in [-0.39, 0.29) is 16.5 Å². The lowest BCUT2D eigenvalue weighted by molar-refractivity contribution is 0.147. The Hall–Kier alpha value is 0.220. The fraction of sp³-hybridized carbons (Fsp3) is 1.00. The third-order valence-electron chi connectivity index (χ3n) is 4.25. The first-order valence-electron chi connectivity index (χ1n) is 8.12. The molecular weight excluding hydrogens is 304 g/mol. The molecule has 1 aliphatic heterocycles. The molecule has 2 unspecified atom stereocenters. The molecule has 1 heterocycles. The quantitative estimate of drug-likeness (QED) is 0.699. The highest BCUT2D eigenvalue weighted by Crippen LogP contribution is 2.29. The molecule has 1 N–H and O–H groups in total. The first kappa shape index (κ1) is 19.3. The van der Waals surface area contributed by atoms with Crippen LogP contribution in [0.3, 0.4) is 0 Å². The number of rotatable bonds is 9. The molecule has 1 rings (SSSR count). The van der Waals surface area contributed by atoms with Crippen molar-refractivity contribution in [2.24, 2.45) is 5.41 Å². The van der Waals surface area contributed by atoms with Gasteiger partial charge in [-0.2, -0.15) is 11.8 Å². The lowest BCUT2D eigenvalue weighted by Gasteiger charge is -2.41. The lowest BCUT2D eigenvalue weighted by Crippen LogP contribution is -2.53. The molecule has 1 fully saturated rings. The van der Waals surface area contributed by atoms with Crippen LogP contribution in [0.5, 0.6) is 0 Å². The van der Waals surface area contributed by atoms with E-state index in [9.17, 15) is 8.42 Å². The van der Waals surface area contributed by atoms with E-state index in [1.807, 2.05) is 0 Å². The Morgan fingerprint density at radius 1 is 1.33 bits per heavy atom. The predicted octanol–water partition coefficient (Wildman–Crippen LogP) is 2.21. The van der Waals surface area contributed by atoms with E-state index >= 15 is 0 Å². The second-order valence-corrected chi connectivity index (χ2v) is 9.89. The Bertz CT molecular complexity index is 400. The van der Waals surface area contributed by atoms with Crippen LogP contribution < -0.4 is 5.32 Å². The molecule has 4 nitrogen and oxygen atoms in total. The molecule has 0 amide bonds. The van der Waals surface area contributed by atoms with E-state index in [1.165, 1.54) is 0 Å². The topological polar surface area (TPSA) is 49.4 Å². The number of thioether (sulfide) groups is 1. The summed E-state index contributed by atoms with van der Waals surface area (Å²) in [6.45, 7) is 12.1. The van der Waals surface area contributed by atoms with Gasteiger partial charge in [0.2, 0.25) is 0 Å². The molecule has 0 aliphatic carbocycles. The monoisotopic (exact) mass is 336 g/mol. The van der Waals surface area contributed by atoms with E-state index in [0.29, 0.717) is 0 Å². The third-order valence-corrected chi connectivity index (χ3v) is 7.58. The van der Waals surface area contributed by atoms with Crippen LogP contribution in [-0.4, -0.2) is 62.1 Å². The largest absolute Gasteiger partial charge is 0.316 e. The molecule has 0 aromatic carbocycles. The van der Waals surface area contributed by atoms with Gasteiger partial charge in [0.1, 0.15) is 5.37 Å². The molecule has 0 radical (unpaired) electrons. The molecule has 0 aromatic rings. The van der Waals surface area contributed by atoms with E-state index < -0.39 is 9.84 Å². The highest BCUT2D eigenvalue weighted by atomic mass is 32.2. The zero-order valence-electron chi connectivity index (χ0n) is 14.0. The van der Waals surface area contributed by atoms with E-state index in [4.69, 9.17) is 0 Å². The maximum Gasteiger partial charge on any atom is 0.166 e. The van der Waals surface area contributed by atoms with Crippen molar-refractivity contribution in [1.82, 2.24) is 10.2 Å². The SMILES string of the molecule is CCCC(C)(CNCC)CN1CCSCC1S(=O)(=O)CC.